The van der Waals surface area contributed by atoms with Crippen molar-refractivity contribution in [2.45, 2.75) is 4.90 Å². The molecule has 0 fully saturated rings. The summed E-state index contributed by atoms with van der Waals surface area (Å²) in [5.74, 6) is -1.15. The second-order valence-electron chi connectivity index (χ2n) is 4.69. The van der Waals surface area contributed by atoms with Crippen LogP contribution in [0.5, 0.6) is 0 Å². The molecule has 0 saturated carbocycles. The molecule has 0 aliphatic carbocycles. The molecule has 0 spiro atoms. The normalized spacial score (nSPS) is 10.8. The van der Waals surface area contributed by atoms with Crippen molar-refractivity contribution in [3.63, 3.8) is 0 Å². The summed E-state index contributed by atoms with van der Waals surface area (Å²) in [6.45, 7) is 0. The van der Waals surface area contributed by atoms with Crippen molar-refractivity contribution in [3.05, 3.63) is 59.7 Å². The van der Waals surface area contributed by atoms with Crippen LogP contribution < -0.4 is 4.72 Å². The lowest BCUT2D eigenvalue weighted by Gasteiger charge is -2.09. The molecule has 2 rings (SSSR count). The molecule has 1 N–H and O–H groups in total. The minimum Gasteiger partial charge on any atom is -0.465 e. The van der Waals surface area contributed by atoms with Gasteiger partial charge in [0.25, 0.3) is 10.0 Å². The quantitative estimate of drug-likeness (QED) is 0.830. The summed E-state index contributed by atoms with van der Waals surface area (Å²) in [6.07, 6.45) is 0. The third-order valence-electron chi connectivity index (χ3n) is 3.12. The molecule has 24 heavy (non-hydrogen) atoms. The highest BCUT2D eigenvalue weighted by molar-refractivity contribution is 7.92. The van der Waals surface area contributed by atoms with Gasteiger partial charge in [-0.05, 0) is 42.5 Å². The highest BCUT2D eigenvalue weighted by Crippen LogP contribution is 2.18. The zero-order valence-electron chi connectivity index (χ0n) is 13.0. The van der Waals surface area contributed by atoms with Crippen LogP contribution in [0.15, 0.2) is 53.4 Å². The molecule has 7 nitrogen and oxygen atoms in total. The standard InChI is InChI=1S/C16H15NO6S/c1-22-15(18)11-6-8-13(9-7-11)17-24(20,21)14-5-3-4-12(10-14)16(19)23-2/h3-10,17H,1-2H3. The van der Waals surface area contributed by atoms with Crippen LogP contribution in [0.2, 0.25) is 0 Å². The van der Waals surface area contributed by atoms with Crippen LogP contribution in [-0.2, 0) is 19.5 Å². The molecule has 0 atom stereocenters. The Balaban J connectivity index is 2.25. The molecule has 0 heterocycles. The van der Waals surface area contributed by atoms with Crippen LogP contribution in [0.3, 0.4) is 0 Å². The molecule has 0 unspecified atom stereocenters. The van der Waals surface area contributed by atoms with Gasteiger partial charge in [-0.25, -0.2) is 18.0 Å². The number of anilines is 1. The predicted molar refractivity (Wildman–Crippen MR) is 86.4 cm³/mol. The maximum Gasteiger partial charge on any atom is 0.337 e. The zero-order valence-corrected chi connectivity index (χ0v) is 13.8. The molecule has 0 aliphatic rings. The van der Waals surface area contributed by atoms with E-state index in [4.69, 9.17) is 0 Å². The van der Waals surface area contributed by atoms with Gasteiger partial charge in [0, 0.05) is 5.69 Å². The number of sulfonamides is 1. The molecule has 0 aliphatic heterocycles. The van der Waals surface area contributed by atoms with Crippen LogP contribution in [0.1, 0.15) is 20.7 Å². The number of nitrogens with one attached hydrogen (secondary N) is 1. The van der Waals surface area contributed by atoms with Crippen molar-refractivity contribution in [2.75, 3.05) is 18.9 Å². The largest absolute Gasteiger partial charge is 0.465 e. The van der Waals surface area contributed by atoms with Gasteiger partial charge in [0.2, 0.25) is 0 Å². The minimum absolute atomic E-state index is 0.0811. The van der Waals surface area contributed by atoms with E-state index in [-0.39, 0.29) is 16.1 Å². The molecule has 0 amide bonds. The van der Waals surface area contributed by atoms with E-state index in [1.54, 1.807) is 0 Å². The van der Waals surface area contributed by atoms with Crippen molar-refractivity contribution in [1.29, 1.82) is 0 Å². The molecule has 2 aromatic carbocycles. The number of carbonyl (C=O) groups is 2. The molecule has 0 saturated heterocycles. The fourth-order valence-corrected chi connectivity index (χ4v) is 3.02. The fourth-order valence-electron chi connectivity index (χ4n) is 1.91. The van der Waals surface area contributed by atoms with Gasteiger partial charge in [0.05, 0.1) is 30.2 Å². The summed E-state index contributed by atoms with van der Waals surface area (Å²) in [6, 6.07) is 11.2. The SMILES string of the molecule is COC(=O)c1ccc(NS(=O)(=O)c2cccc(C(=O)OC)c2)cc1. The Hall–Kier alpha value is -2.87. The number of carbonyl (C=O) groups excluding carboxylic acids is 2. The van der Waals surface area contributed by atoms with Crippen molar-refractivity contribution in [2.24, 2.45) is 0 Å². The van der Waals surface area contributed by atoms with E-state index in [9.17, 15) is 18.0 Å². The number of hydrogen-bond donors (Lipinski definition) is 1. The summed E-state index contributed by atoms with van der Waals surface area (Å²) in [4.78, 5) is 22.8. The van der Waals surface area contributed by atoms with Gasteiger partial charge in [0.1, 0.15) is 0 Å². The zero-order chi connectivity index (χ0) is 17.7. The second kappa shape index (κ2) is 7.14. The third-order valence-corrected chi connectivity index (χ3v) is 4.50. The van der Waals surface area contributed by atoms with E-state index in [1.165, 1.54) is 62.8 Å². The van der Waals surface area contributed by atoms with E-state index in [1.807, 2.05) is 0 Å². The molecule has 126 valence electrons. The van der Waals surface area contributed by atoms with Gasteiger partial charge < -0.3 is 9.47 Å². The van der Waals surface area contributed by atoms with E-state index in [0.717, 1.165) is 0 Å². The van der Waals surface area contributed by atoms with Crippen LogP contribution in [0.25, 0.3) is 0 Å². The molecule has 0 radical (unpaired) electrons. The summed E-state index contributed by atoms with van der Waals surface area (Å²) >= 11 is 0. The van der Waals surface area contributed by atoms with E-state index >= 15 is 0 Å². The Labute approximate surface area is 139 Å². The highest BCUT2D eigenvalue weighted by atomic mass is 32.2. The first-order valence-corrected chi connectivity index (χ1v) is 8.25. The van der Waals surface area contributed by atoms with Gasteiger partial charge in [-0.1, -0.05) is 6.07 Å². The van der Waals surface area contributed by atoms with E-state index < -0.39 is 22.0 Å². The predicted octanol–water partition coefficient (Wildman–Crippen LogP) is 2.06. The van der Waals surface area contributed by atoms with Gasteiger partial charge in [-0.15, -0.1) is 0 Å². The number of rotatable bonds is 5. The van der Waals surface area contributed by atoms with Crippen LogP contribution >= 0.6 is 0 Å². The Bertz CT molecular complexity index is 858. The van der Waals surface area contributed by atoms with E-state index in [2.05, 4.69) is 14.2 Å². The maximum atomic E-state index is 12.4. The highest BCUT2D eigenvalue weighted by Gasteiger charge is 2.17. The van der Waals surface area contributed by atoms with Gasteiger partial charge in [-0.2, -0.15) is 0 Å². The molecular weight excluding hydrogens is 334 g/mol. The smallest absolute Gasteiger partial charge is 0.337 e. The molecule has 2 aromatic rings. The average molecular weight is 349 g/mol. The van der Waals surface area contributed by atoms with Crippen molar-refractivity contribution < 1.29 is 27.5 Å². The number of esters is 2. The lowest BCUT2D eigenvalue weighted by molar-refractivity contribution is 0.0591. The Morgan fingerprint density at radius 3 is 2.04 bits per heavy atom. The Kier molecular flexibility index (Phi) is 5.20. The lowest BCUT2D eigenvalue weighted by Crippen LogP contribution is -2.14. The number of benzene rings is 2. The number of methoxy groups -OCH3 is 2. The van der Waals surface area contributed by atoms with Crippen LogP contribution in [0.4, 0.5) is 5.69 Å². The fraction of sp³-hybridized carbons (Fsp3) is 0.125. The summed E-state index contributed by atoms with van der Waals surface area (Å²) in [7, 11) is -1.42. The topological polar surface area (TPSA) is 98.8 Å². The van der Waals surface area contributed by atoms with Gasteiger partial charge in [-0.3, -0.25) is 4.72 Å². The monoisotopic (exact) mass is 349 g/mol. The first-order valence-electron chi connectivity index (χ1n) is 6.77. The van der Waals surface area contributed by atoms with Crippen molar-refractivity contribution in [1.82, 2.24) is 0 Å². The first-order chi connectivity index (χ1) is 11.4. The van der Waals surface area contributed by atoms with Gasteiger partial charge >= 0.3 is 11.9 Å². The summed E-state index contributed by atoms with van der Waals surface area (Å²) in [5, 5.41) is 0. The second-order valence-corrected chi connectivity index (χ2v) is 6.38. The maximum absolute atomic E-state index is 12.4. The Morgan fingerprint density at radius 2 is 1.46 bits per heavy atom. The number of hydrogen-bond acceptors (Lipinski definition) is 6. The molecule has 8 heteroatoms. The lowest BCUT2D eigenvalue weighted by atomic mass is 10.2. The summed E-state index contributed by atoms with van der Waals surface area (Å²) in [5.41, 5.74) is 0.695. The average Bonchev–Trinajstić information content (AvgIpc) is 2.60. The van der Waals surface area contributed by atoms with E-state index in [0.29, 0.717) is 5.56 Å². The Morgan fingerprint density at radius 1 is 0.875 bits per heavy atom. The van der Waals surface area contributed by atoms with Crippen LogP contribution in [-0.4, -0.2) is 34.6 Å². The van der Waals surface area contributed by atoms with Gasteiger partial charge in [0.15, 0.2) is 0 Å². The molecule has 0 bridgehead atoms. The van der Waals surface area contributed by atoms with Crippen molar-refractivity contribution >= 4 is 27.6 Å². The minimum atomic E-state index is -3.89. The molecular formula is C16H15NO6S. The van der Waals surface area contributed by atoms with Crippen molar-refractivity contribution in [3.8, 4) is 0 Å². The molecule has 0 aromatic heterocycles. The third kappa shape index (κ3) is 3.90. The summed E-state index contributed by atoms with van der Waals surface area (Å²) < 4.78 is 36.3. The number of ether oxygens (including phenoxy) is 2. The van der Waals surface area contributed by atoms with Crippen LogP contribution in [0, 0.1) is 0 Å². The first kappa shape index (κ1) is 17.5.